The van der Waals surface area contributed by atoms with Crippen molar-refractivity contribution in [2.45, 2.75) is 55.9 Å². The average Bonchev–Trinajstić information content (AvgIpc) is 3.46. The van der Waals surface area contributed by atoms with Crippen LogP contribution in [0.5, 0.6) is 0 Å². The maximum atomic E-state index is 12.3. The van der Waals surface area contributed by atoms with Crippen LogP contribution in [0, 0.1) is 0 Å². The van der Waals surface area contributed by atoms with Crippen molar-refractivity contribution in [3.05, 3.63) is 66.4 Å². The van der Waals surface area contributed by atoms with Gasteiger partial charge in [0, 0.05) is 67.8 Å². The molecule has 0 spiro atoms. The van der Waals surface area contributed by atoms with Crippen LogP contribution in [0.4, 0.5) is 4.79 Å². The standard InChI is InChI=1S/C27H36N6O2S.Cu/c34-25(11-2-1-10-24-26-23(20-36-24)31-27(35)32-26)30-16-7-17-33(18-12-21-8-3-5-14-28-21)19-13-22-9-4-6-15-29-22;/h3-6,8-9,12,14-15,18,23-24,26H,1-2,7,10-11,13,16-17,19-20H2,(H,30,34)(H2,31,32,35);/q;+1/b18-12-;/t23-,24-,26-;/m0./s1. The molecule has 0 radical (unpaired) electrons. The molecule has 37 heavy (non-hydrogen) atoms. The molecule has 3 atom stereocenters. The summed E-state index contributed by atoms with van der Waals surface area (Å²) >= 11 is 1.92. The molecule has 8 nitrogen and oxygen atoms in total. The number of urea groups is 1. The molecule has 2 aliphatic heterocycles. The molecule has 2 aromatic rings. The first-order valence-electron chi connectivity index (χ1n) is 12.9. The Hall–Kier alpha value is -2.55. The Morgan fingerprint density at radius 2 is 1.92 bits per heavy atom. The van der Waals surface area contributed by atoms with E-state index < -0.39 is 0 Å². The van der Waals surface area contributed by atoms with Gasteiger partial charge in [0.1, 0.15) is 0 Å². The Kier molecular flexibility index (Phi) is 12.3. The van der Waals surface area contributed by atoms with Gasteiger partial charge in [-0.05, 0) is 49.6 Å². The van der Waals surface area contributed by atoms with Crippen molar-refractivity contribution < 1.29 is 26.7 Å². The van der Waals surface area contributed by atoms with E-state index in [9.17, 15) is 9.59 Å². The van der Waals surface area contributed by atoms with Crippen LogP contribution in [-0.4, -0.2) is 69.5 Å². The van der Waals surface area contributed by atoms with E-state index in [1.165, 1.54) is 0 Å². The average molecular weight is 572 g/mol. The van der Waals surface area contributed by atoms with Gasteiger partial charge >= 0.3 is 23.1 Å². The summed E-state index contributed by atoms with van der Waals surface area (Å²) in [6.07, 6.45) is 12.9. The molecule has 10 heteroatoms. The summed E-state index contributed by atoms with van der Waals surface area (Å²) in [5.41, 5.74) is 1.99. The number of amides is 3. The number of nitrogens with one attached hydrogen (secondary N) is 3. The van der Waals surface area contributed by atoms with Crippen molar-refractivity contribution in [3.63, 3.8) is 0 Å². The quantitative estimate of drug-likeness (QED) is 0.183. The van der Waals surface area contributed by atoms with Gasteiger partial charge in [0.2, 0.25) is 5.91 Å². The Morgan fingerprint density at radius 3 is 2.70 bits per heavy atom. The molecule has 2 fully saturated rings. The van der Waals surface area contributed by atoms with Gasteiger partial charge in [-0.2, -0.15) is 11.8 Å². The van der Waals surface area contributed by atoms with E-state index in [0.29, 0.717) is 18.2 Å². The van der Waals surface area contributed by atoms with Crippen molar-refractivity contribution in [1.29, 1.82) is 0 Å². The normalized spacial score (nSPS) is 20.1. The monoisotopic (exact) mass is 571 g/mol. The largest absolute Gasteiger partial charge is 1.00 e. The van der Waals surface area contributed by atoms with Crippen LogP contribution in [0.3, 0.4) is 0 Å². The minimum absolute atomic E-state index is 0. The Balaban J connectivity index is 0.00000380. The molecule has 4 heterocycles. The van der Waals surface area contributed by atoms with E-state index in [1.54, 1.807) is 6.20 Å². The smallest absolute Gasteiger partial charge is 0.377 e. The van der Waals surface area contributed by atoms with Crippen molar-refractivity contribution in [3.8, 4) is 0 Å². The molecule has 0 bridgehead atoms. The number of rotatable bonds is 14. The maximum Gasteiger partial charge on any atom is 1.00 e. The van der Waals surface area contributed by atoms with Gasteiger partial charge in [-0.25, -0.2) is 4.79 Å². The molecule has 4 rings (SSSR count). The van der Waals surface area contributed by atoms with Gasteiger partial charge < -0.3 is 20.9 Å². The first-order valence-corrected chi connectivity index (χ1v) is 13.9. The summed E-state index contributed by atoms with van der Waals surface area (Å²) in [5, 5.41) is 9.53. The van der Waals surface area contributed by atoms with Crippen LogP contribution >= 0.6 is 11.8 Å². The SMILES string of the molecule is O=C(CCCC[C@@H]1SC[C@@H]2NC(=O)N[C@@H]21)NCCCN(/C=C\c1ccccn1)CCc1ccccn1.[Cu+]. The molecular weight excluding hydrogens is 536 g/mol. The summed E-state index contributed by atoms with van der Waals surface area (Å²) in [6.45, 7) is 2.36. The molecule has 2 aliphatic rings. The summed E-state index contributed by atoms with van der Waals surface area (Å²) < 4.78 is 0. The Bertz CT molecular complexity index is 997. The Labute approximate surface area is 234 Å². The molecule has 2 saturated heterocycles. The van der Waals surface area contributed by atoms with Gasteiger partial charge in [-0.1, -0.05) is 18.6 Å². The number of carbonyl (C=O) groups is 2. The summed E-state index contributed by atoms with van der Waals surface area (Å²) in [4.78, 5) is 34.8. The van der Waals surface area contributed by atoms with Gasteiger partial charge in [-0.3, -0.25) is 14.8 Å². The van der Waals surface area contributed by atoms with Crippen molar-refractivity contribution >= 4 is 29.8 Å². The second-order valence-electron chi connectivity index (χ2n) is 9.25. The van der Waals surface area contributed by atoms with Gasteiger partial charge in [0.15, 0.2) is 0 Å². The van der Waals surface area contributed by atoms with E-state index in [-0.39, 0.29) is 41.1 Å². The fourth-order valence-corrected chi connectivity index (χ4v) is 6.14. The van der Waals surface area contributed by atoms with Crippen molar-refractivity contribution in [2.24, 2.45) is 0 Å². The summed E-state index contributed by atoms with van der Waals surface area (Å²) in [5.74, 6) is 1.09. The third-order valence-corrected chi connectivity index (χ3v) is 8.06. The second kappa shape index (κ2) is 15.6. The number of unbranched alkanes of at least 4 members (excludes halogenated alkanes) is 1. The summed E-state index contributed by atoms with van der Waals surface area (Å²) in [7, 11) is 0. The number of aromatic nitrogens is 2. The molecule has 202 valence electrons. The minimum atomic E-state index is -0.0443. The summed E-state index contributed by atoms with van der Waals surface area (Å²) in [6, 6.07) is 12.3. The van der Waals surface area contributed by atoms with Crippen LogP contribution in [0.15, 0.2) is 55.0 Å². The molecule has 2 aromatic heterocycles. The zero-order valence-electron chi connectivity index (χ0n) is 20.9. The van der Waals surface area contributed by atoms with E-state index in [0.717, 1.165) is 62.3 Å². The van der Waals surface area contributed by atoms with Crippen LogP contribution in [0.2, 0.25) is 0 Å². The molecule has 0 saturated carbocycles. The predicted octanol–water partition coefficient (Wildman–Crippen LogP) is 3.22. The van der Waals surface area contributed by atoms with Crippen LogP contribution < -0.4 is 16.0 Å². The number of thioether (sulfide) groups is 1. The van der Waals surface area contributed by atoms with Crippen LogP contribution in [-0.2, 0) is 28.3 Å². The molecule has 0 aromatic carbocycles. The van der Waals surface area contributed by atoms with Crippen LogP contribution in [0.1, 0.15) is 43.5 Å². The fraction of sp³-hybridized carbons (Fsp3) is 0.481. The topological polar surface area (TPSA) is 99.2 Å². The van der Waals surface area contributed by atoms with Crippen molar-refractivity contribution in [1.82, 2.24) is 30.8 Å². The zero-order chi connectivity index (χ0) is 25.0. The second-order valence-corrected chi connectivity index (χ2v) is 10.5. The number of carbonyl (C=O) groups excluding carboxylic acids is 2. The van der Waals surface area contributed by atoms with E-state index in [4.69, 9.17) is 0 Å². The molecule has 3 N–H and O–H groups in total. The first kappa shape index (κ1) is 29.0. The fourth-order valence-electron chi connectivity index (χ4n) is 4.59. The van der Waals surface area contributed by atoms with Gasteiger partial charge in [-0.15, -0.1) is 0 Å². The maximum absolute atomic E-state index is 12.3. The number of pyridine rings is 2. The van der Waals surface area contributed by atoms with Gasteiger partial charge in [0.05, 0.1) is 17.8 Å². The molecule has 3 amide bonds. The number of hydrogen-bond donors (Lipinski definition) is 3. The molecule has 0 unspecified atom stereocenters. The third kappa shape index (κ3) is 9.68. The van der Waals surface area contributed by atoms with Crippen LogP contribution in [0.25, 0.3) is 6.08 Å². The minimum Gasteiger partial charge on any atom is -0.377 e. The van der Waals surface area contributed by atoms with E-state index in [1.807, 2.05) is 60.4 Å². The van der Waals surface area contributed by atoms with E-state index >= 15 is 0 Å². The number of hydrogen-bond acceptors (Lipinski definition) is 6. The first-order chi connectivity index (χ1) is 17.7. The number of nitrogens with zero attached hydrogens (tertiary/aromatic N) is 3. The van der Waals surface area contributed by atoms with Gasteiger partial charge in [0.25, 0.3) is 0 Å². The zero-order valence-corrected chi connectivity index (χ0v) is 22.7. The molecular formula is C27H36CuN6O2S+. The van der Waals surface area contributed by atoms with E-state index in [2.05, 4.69) is 37.0 Å². The number of fused-ring (bicyclic) bond motifs is 1. The molecule has 0 aliphatic carbocycles. The Morgan fingerprint density at radius 1 is 1.08 bits per heavy atom. The van der Waals surface area contributed by atoms with Crippen molar-refractivity contribution in [2.75, 3.05) is 25.4 Å². The predicted molar refractivity (Wildman–Crippen MR) is 144 cm³/mol. The third-order valence-electron chi connectivity index (χ3n) is 6.55.